The molecule has 0 spiro atoms. The van der Waals surface area contributed by atoms with Crippen LogP contribution in [0.5, 0.6) is 0 Å². The van der Waals surface area contributed by atoms with E-state index in [1.54, 1.807) is 62.3 Å². The first-order chi connectivity index (χ1) is 34.6. The Labute approximate surface area is 439 Å². The molecule has 4 aliphatic rings. The molecule has 4 saturated heterocycles. The van der Waals surface area contributed by atoms with Gasteiger partial charge in [0, 0.05) is 63.4 Å². The molecule has 0 radical (unpaired) electrons. The zero-order valence-corrected chi connectivity index (χ0v) is 47.4. The summed E-state index contributed by atoms with van der Waals surface area (Å²) in [5, 5.41) is 23.7. The van der Waals surface area contributed by atoms with E-state index in [9.17, 15) is 24.7 Å². The zero-order chi connectivity index (χ0) is 55.7. The van der Waals surface area contributed by atoms with E-state index >= 15 is 9.59 Å². The van der Waals surface area contributed by atoms with Crippen molar-refractivity contribution in [3.63, 3.8) is 0 Å². The lowest BCUT2D eigenvalue weighted by atomic mass is 9.74. The van der Waals surface area contributed by atoms with Crippen LogP contribution in [0.15, 0.2) is 0 Å². The van der Waals surface area contributed by atoms with Gasteiger partial charge in [0.1, 0.15) is 30.5 Å². The van der Waals surface area contributed by atoms with Gasteiger partial charge in [-0.2, -0.15) is 5.48 Å². The van der Waals surface area contributed by atoms with Crippen molar-refractivity contribution in [3.8, 4) is 0 Å². The number of aliphatic hydroxyl groups is 1. The third kappa shape index (κ3) is 16.3. The number of carbonyl (C=O) groups excluding carboxylic acids is 5. The monoisotopic (exact) mass is 1060 g/mol. The Morgan fingerprint density at radius 1 is 0.811 bits per heavy atom. The second kappa shape index (κ2) is 28.1. The van der Waals surface area contributed by atoms with Crippen LogP contribution in [0.3, 0.4) is 0 Å². The molecule has 21 heteroatoms. The maximum absolute atomic E-state index is 15.6. The Morgan fingerprint density at radius 3 is 2.05 bits per heavy atom. The predicted octanol–water partition coefficient (Wildman–Crippen LogP) is 4.97. The highest BCUT2D eigenvalue weighted by Gasteiger charge is 2.53. The molecule has 0 aromatic rings. The molecule has 21 nitrogen and oxygen atoms in total. The van der Waals surface area contributed by atoms with Crippen molar-refractivity contribution in [3.05, 3.63) is 0 Å². The Bertz CT molecular complexity index is 1830. The molecule has 4 fully saturated rings. The molecule has 74 heavy (non-hydrogen) atoms. The van der Waals surface area contributed by atoms with Crippen molar-refractivity contribution >= 4 is 29.6 Å². The summed E-state index contributed by atoms with van der Waals surface area (Å²) >= 11 is 0. The van der Waals surface area contributed by atoms with Crippen LogP contribution in [0.2, 0.25) is 0 Å². The van der Waals surface area contributed by atoms with Crippen LogP contribution in [-0.2, 0) is 71.3 Å². The maximum Gasteiger partial charge on any atom is 0.408 e. The van der Waals surface area contributed by atoms with Crippen molar-refractivity contribution in [1.29, 1.82) is 0 Å². The number of methoxy groups -OCH3 is 2. The summed E-state index contributed by atoms with van der Waals surface area (Å²) in [4.78, 5) is 74.6. The Morgan fingerprint density at radius 2 is 1.46 bits per heavy atom. The quantitative estimate of drug-likeness (QED) is 0.0904. The van der Waals surface area contributed by atoms with Crippen molar-refractivity contribution < 1.29 is 86.4 Å². The number of likely N-dealkylation sites (N-methyl/N-ethyl adjacent to an activating group) is 1. The first-order valence-electron chi connectivity index (χ1n) is 26.8. The van der Waals surface area contributed by atoms with Gasteiger partial charge in [-0.3, -0.25) is 19.2 Å². The van der Waals surface area contributed by atoms with Crippen LogP contribution in [0.25, 0.3) is 0 Å². The van der Waals surface area contributed by atoms with Gasteiger partial charge in [0.2, 0.25) is 12.1 Å². The summed E-state index contributed by atoms with van der Waals surface area (Å²) < 4.78 is 69.5. The molecule has 1 unspecified atom stereocenters. The fourth-order valence-electron chi connectivity index (χ4n) is 11.1. The van der Waals surface area contributed by atoms with Gasteiger partial charge < -0.3 is 72.6 Å². The van der Waals surface area contributed by atoms with E-state index in [-0.39, 0.29) is 50.0 Å². The summed E-state index contributed by atoms with van der Waals surface area (Å²) in [6.07, 6.45) is -12.6. The van der Waals surface area contributed by atoms with Crippen LogP contribution in [0.4, 0.5) is 4.79 Å². The molecule has 0 aromatic carbocycles. The highest BCUT2D eigenvalue weighted by molar-refractivity contribution is 5.91. The second-order valence-electron chi connectivity index (χ2n) is 22.8. The predicted molar refractivity (Wildman–Crippen MR) is 268 cm³/mol. The Hall–Kier alpha value is -2.93. The molecule has 1 amide bonds. The van der Waals surface area contributed by atoms with Gasteiger partial charge in [-0.1, -0.05) is 48.5 Å². The fourth-order valence-corrected chi connectivity index (χ4v) is 11.1. The van der Waals surface area contributed by atoms with Gasteiger partial charge in [-0.15, -0.1) is 0 Å². The highest BCUT2D eigenvalue weighted by Crippen LogP contribution is 2.40. The number of esters is 2. The number of nitrogens with zero attached hydrogens (tertiary/aromatic N) is 1. The fraction of sp³-hybridized carbons (Fsp3) is 0.906. The van der Waals surface area contributed by atoms with Gasteiger partial charge in [-0.05, 0) is 87.1 Å². The molecule has 4 N–H and O–H groups in total. The van der Waals surface area contributed by atoms with E-state index in [0.717, 1.165) is 0 Å². The minimum Gasteiger partial charge on any atom is -0.461 e. The van der Waals surface area contributed by atoms with E-state index in [2.05, 4.69) is 22.6 Å². The van der Waals surface area contributed by atoms with E-state index < -0.39 is 151 Å². The highest BCUT2D eigenvalue weighted by atomic mass is 16.7. The summed E-state index contributed by atoms with van der Waals surface area (Å²) in [7, 11) is 4.90. The number of Topliss-reactive ketones (excluding diaryl/α,β-unsaturated/α-hetero) is 2. The average molecular weight is 1060 g/mol. The van der Waals surface area contributed by atoms with E-state index in [1.165, 1.54) is 21.1 Å². The summed E-state index contributed by atoms with van der Waals surface area (Å²) in [6, 6.07) is -1.39. The van der Waals surface area contributed by atoms with E-state index in [1.807, 2.05) is 34.7 Å². The lowest BCUT2D eigenvalue weighted by Gasteiger charge is -2.45. The van der Waals surface area contributed by atoms with Crippen molar-refractivity contribution in [2.75, 3.05) is 34.4 Å². The number of alkyl carbamates (subject to hydrolysis) is 1. The van der Waals surface area contributed by atoms with E-state index in [4.69, 9.17) is 52.1 Å². The Balaban J connectivity index is 1.97. The maximum atomic E-state index is 15.6. The van der Waals surface area contributed by atoms with Gasteiger partial charge in [0.15, 0.2) is 24.0 Å². The summed E-state index contributed by atoms with van der Waals surface area (Å²) in [6.45, 7) is 27.0. The van der Waals surface area contributed by atoms with Crippen LogP contribution >= 0.6 is 0 Å². The number of carbonyl (C=O) groups is 5. The molecule has 0 aromatic heterocycles. The molecule has 4 heterocycles. The smallest absolute Gasteiger partial charge is 0.408 e. The molecule has 4 aliphatic heterocycles. The lowest BCUT2D eigenvalue weighted by Crippen LogP contribution is -2.59. The van der Waals surface area contributed by atoms with Gasteiger partial charge in [0.25, 0.3) is 0 Å². The topological polar surface area (TPSA) is 255 Å². The molecular weight excluding hydrogens is 967 g/mol. The molecule has 0 bridgehead atoms. The number of rotatable bonds is 16. The number of hydroxylamine groups is 1. The van der Waals surface area contributed by atoms with Crippen LogP contribution < -0.4 is 10.8 Å². The number of amides is 1. The first kappa shape index (κ1) is 63.6. The normalized spacial score (nSPS) is 41.0. The number of ketones is 2. The number of cyclic esters (lactones) is 1. The average Bonchev–Trinajstić information content (AvgIpc) is 3.43. The van der Waals surface area contributed by atoms with Crippen LogP contribution in [0, 0.1) is 41.4 Å². The van der Waals surface area contributed by atoms with Gasteiger partial charge >= 0.3 is 18.0 Å². The van der Waals surface area contributed by atoms with Gasteiger partial charge in [-0.25, -0.2) is 4.79 Å². The molecule has 4 rings (SSSR count). The molecular formula is C53H93N3O18. The molecule has 428 valence electrons. The second-order valence-corrected chi connectivity index (χ2v) is 22.8. The van der Waals surface area contributed by atoms with E-state index in [0.29, 0.717) is 13.0 Å². The standard InChI is InChI=1S/C53H93N3O18/c1-25(2)19-38(57)70-44-33(11)43(28(6)24-66-51-47(65-18)46(64-17)40(58)36(14)69-51)72-49(61)35(13)45(71-39-20-29(7)56(16)23-31(9)67-39)32(10)42(73-50-41(59)37(55-63)21-30(8)68-50)27(5)22-53(15,48(60)34(44)12)74-52(62)54-26(3)4/h25-37,39-40,42-47,50-51,55,58,63H,19-24H2,1-18H3,(H,54,62)/t27-,28-,29-,30+,31-,32+,33-,34+,35+,36+,37?,39-,40+,42-,43+,44+,45-,46+,47+,50-,51+,53-/m0/s1. The number of aliphatic hydroxyl groups excluding tert-OH is 1. The number of hydrogen-bond donors (Lipinski definition) is 4. The number of hydrogen-bond acceptors (Lipinski definition) is 20. The number of nitrogens with one attached hydrogen (secondary N) is 2. The number of ether oxygens (including phenoxy) is 11. The summed E-state index contributed by atoms with van der Waals surface area (Å²) in [5.74, 6) is -8.07. The van der Waals surface area contributed by atoms with Crippen molar-refractivity contribution in [2.45, 2.75) is 233 Å². The van der Waals surface area contributed by atoms with Gasteiger partial charge in [0.05, 0.1) is 55.0 Å². The third-order valence-electron chi connectivity index (χ3n) is 15.3. The molecule has 0 aliphatic carbocycles. The van der Waals surface area contributed by atoms with Crippen molar-refractivity contribution in [1.82, 2.24) is 15.7 Å². The molecule has 22 atom stereocenters. The summed E-state index contributed by atoms with van der Waals surface area (Å²) in [5.41, 5.74) is 0.140. The minimum absolute atomic E-state index is 0.00480. The molecule has 0 saturated carbocycles. The minimum atomic E-state index is -1.94. The zero-order valence-electron chi connectivity index (χ0n) is 47.4. The SMILES string of the molecule is CO[C@@H]1[C@H](O)[C@@H](C)O[C@@H](OC[C@H](C)[C@H]2OC(=O)[C@H](C)[C@@H](O[C@H]3C[C@H](C)N(C)C[C@H](C)O3)[C@H](C)[C@@H](O[C@@H]3O[C@H](C)CC(NO)C3=O)[C@@H](C)C[C@](C)(OC(=O)NC(C)C)C(=O)[C@H](C)[C@H](OC(=O)CC(C)C)[C@H]2C)[C@@H]1OC. The van der Waals surface area contributed by atoms with Crippen LogP contribution in [0.1, 0.15) is 130 Å². The Kier molecular flexibility index (Phi) is 24.2. The lowest BCUT2D eigenvalue weighted by molar-refractivity contribution is -0.305. The third-order valence-corrected chi connectivity index (χ3v) is 15.3. The van der Waals surface area contributed by atoms with Crippen molar-refractivity contribution in [2.24, 2.45) is 41.4 Å². The first-order valence-corrected chi connectivity index (χ1v) is 26.8. The largest absolute Gasteiger partial charge is 0.461 e. The van der Waals surface area contributed by atoms with Crippen LogP contribution in [-0.4, -0.2) is 183 Å².